The molecule has 1 aliphatic carbocycles. The maximum Gasteiger partial charge on any atom is 0.0620 e. The summed E-state index contributed by atoms with van der Waals surface area (Å²) >= 11 is 6.16. The van der Waals surface area contributed by atoms with Gasteiger partial charge in [-0.1, -0.05) is 6.92 Å². The van der Waals surface area contributed by atoms with E-state index in [-0.39, 0.29) is 0 Å². The third-order valence-corrected chi connectivity index (χ3v) is 3.54. The fourth-order valence-corrected chi connectivity index (χ4v) is 2.34. The molecule has 0 aliphatic heterocycles. The van der Waals surface area contributed by atoms with Crippen LogP contribution in [0.2, 0.25) is 0 Å². The number of hydrogen-bond acceptors (Lipinski definition) is 2. The Morgan fingerprint density at radius 3 is 2.77 bits per heavy atom. The third kappa shape index (κ3) is 1.68. The quantitative estimate of drug-likeness (QED) is 0.646. The molecule has 0 aromatic carbocycles. The Morgan fingerprint density at radius 1 is 1.38 bits per heavy atom. The first-order valence-corrected chi connectivity index (χ1v) is 5.12. The highest BCUT2D eigenvalue weighted by molar-refractivity contribution is 6.21. The van der Waals surface area contributed by atoms with Crippen LogP contribution < -0.4 is 0 Å². The fraction of sp³-hybridized carbons (Fsp3) is 0.600. The highest BCUT2D eigenvalue weighted by atomic mass is 35.5. The van der Waals surface area contributed by atoms with Crippen LogP contribution in [0.4, 0.5) is 0 Å². The number of halogens is 1. The second kappa shape index (κ2) is 3.62. The Morgan fingerprint density at radius 2 is 2.23 bits per heavy atom. The molecule has 1 aliphatic rings. The van der Waals surface area contributed by atoms with Crippen LogP contribution in [0.5, 0.6) is 0 Å². The van der Waals surface area contributed by atoms with Crippen LogP contribution in [0.1, 0.15) is 31.4 Å². The summed E-state index contributed by atoms with van der Waals surface area (Å²) in [5, 5.41) is 0.312. The minimum atomic E-state index is 0.312. The molecule has 1 fully saturated rings. The number of hydrogen-bond donors (Lipinski definition) is 0. The van der Waals surface area contributed by atoms with Gasteiger partial charge in [0, 0.05) is 29.9 Å². The molecule has 3 heteroatoms. The predicted molar refractivity (Wildman–Crippen MR) is 52.8 cm³/mol. The van der Waals surface area contributed by atoms with Crippen molar-refractivity contribution in [2.45, 2.75) is 31.1 Å². The van der Waals surface area contributed by atoms with Crippen LogP contribution in [0.3, 0.4) is 0 Å². The van der Waals surface area contributed by atoms with Crippen LogP contribution in [0, 0.1) is 5.92 Å². The van der Waals surface area contributed by atoms with E-state index in [0.29, 0.717) is 17.2 Å². The van der Waals surface area contributed by atoms with Crippen molar-refractivity contribution in [2.75, 3.05) is 0 Å². The SMILES string of the molecule is CC1C(Cl)CCC1c1cnccn1. The lowest BCUT2D eigenvalue weighted by molar-refractivity contribution is 0.525. The van der Waals surface area contributed by atoms with Crippen molar-refractivity contribution in [1.82, 2.24) is 9.97 Å². The lowest BCUT2D eigenvalue weighted by Crippen LogP contribution is -2.10. The Hall–Kier alpha value is -0.630. The molecule has 2 rings (SSSR count). The van der Waals surface area contributed by atoms with Crippen LogP contribution in [0.25, 0.3) is 0 Å². The summed E-state index contributed by atoms with van der Waals surface area (Å²) in [6.45, 7) is 2.20. The highest BCUT2D eigenvalue weighted by Crippen LogP contribution is 2.40. The minimum absolute atomic E-state index is 0.312. The summed E-state index contributed by atoms with van der Waals surface area (Å²) in [5.74, 6) is 1.04. The van der Waals surface area contributed by atoms with Gasteiger partial charge in [-0.05, 0) is 18.8 Å². The molecule has 1 heterocycles. The van der Waals surface area contributed by atoms with Crippen molar-refractivity contribution in [2.24, 2.45) is 5.92 Å². The Labute approximate surface area is 83.4 Å². The molecular weight excluding hydrogens is 184 g/mol. The van der Waals surface area contributed by atoms with E-state index in [1.165, 1.54) is 0 Å². The molecule has 13 heavy (non-hydrogen) atoms. The molecule has 0 N–H and O–H groups in total. The predicted octanol–water partition coefficient (Wildman–Crippen LogP) is 2.60. The smallest absolute Gasteiger partial charge is 0.0620 e. The zero-order valence-electron chi connectivity index (χ0n) is 7.65. The average molecular weight is 197 g/mol. The molecule has 1 aromatic rings. The van der Waals surface area contributed by atoms with Gasteiger partial charge in [0.05, 0.1) is 5.69 Å². The van der Waals surface area contributed by atoms with Crippen LogP contribution in [0.15, 0.2) is 18.6 Å². The molecule has 1 saturated carbocycles. The lowest BCUT2D eigenvalue weighted by Gasteiger charge is -2.15. The van der Waals surface area contributed by atoms with Gasteiger partial charge in [-0.15, -0.1) is 11.6 Å². The fourth-order valence-electron chi connectivity index (χ4n) is 2.04. The van der Waals surface area contributed by atoms with Crippen LogP contribution >= 0.6 is 11.6 Å². The van der Waals surface area contributed by atoms with Gasteiger partial charge >= 0.3 is 0 Å². The number of nitrogens with zero attached hydrogens (tertiary/aromatic N) is 2. The monoisotopic (exact) mass is 196 g/mol. The van der Waals surface area contributed by atoms with Crippen molar-refractivity contribution in [3.8, 4) is 0 Å². The summed E-state index contributed by atoms with van der Waals surface area (Å²) in [4.78, 5) is 8.41. The largest absolute Gasteiger partial charge is 0.261 e. The van der Waals surface area contributed by atoms with E-state index in [0.717, 1.165) is 18.5 Å². The van der Waals surface area contributed by atoms with Crippen molar-refractivity contribution < 1.29 is 0 Å². The molecule has 0 amide bonds. The molecule has 0 saturated heterocycles. The zero-order chi connectivity index (χ0) is 9.26. The summed E-state index contributed by atoms with van der Waals surface area (Å²) in [6, 6.07) is 0. The molecule has 3 atom stereocenters. The molecule has 1 aromatic heterocycles. The second-order valence-corrected chi connectivity index (χ2v) is 4.25. The van der Waals surface area contributed by atoms with Gasteiger partial charge in [-0.3, -0.25) is 9.97 Å². The number of aromatic nitrogens is 2. The Balaban J connectivity index is 2.19. The van der Waals surface area contributed by atoms with E-state index in [2.05, 4.69) is 16.9 Å². The summed E-state index contributed by atoms with van der Waals surface area (Å²) in [7, 11) is 0. The minimum Gasteiger partial charge on any atom is -0.261 e. The van der Waals surface area contributed by atoms with Crippen molar-refractivity contribution in [3.05, 3.63) is 24.3 Å². The molecular formula is C10H13ClN2. The maximum absolute atomic E-state index is 6.16. The normalized spacial score (nSPS) is 33.5. The summed E-state index contributed by atoms with van der Waals surface area (Å²) in [6.07, 6.45) is 7.57. The molecule has 0 bridgehead atoms. The van der Waals surface area contributed by atoms with E-state index >= 15 is 0 Å². The topological polar surface area (TPSA) is 25.8 Å². The van der Waals surface area contributed by atoms with E-state index in [4.69, 9.17) is 11.6 Å². The van der Waals surface area contributed by atoms with Gasteiger partial charge in [0.15, 0.2) is 0 Å². The van der Waals surface area contributed by atoms with Gasteiger partial charge in [0.2, 0.25) is 0 Å². The number of alkyl halides is 1. The standard InChI is InChI=1S/C10H13ClN2/c1-7-8(2-3-9(7)11)10-6-12-4-5-13-10/h4-9H,2-3H2,1H3. The second-order valence-electron chi connectivity index (χ2n) is 3.69. The number of rotatable bonds is 1. The summed E-state index contributed by atoms with van der Waals surface area (Å²) < 4.78 is 0. The molecule has 3 unspecified atom stereocenters. The molecule has 70 valence electrons. The summed E-state index contributed by atoms with van der Waals surface area (Å²) in [5.41, 5.74) is 1.10. The van der Waals surface area contributed by atoms with Crippen molar-refractivity contribution >= 4 is 11.6 Å². The first-order valence-electron chi connectivity index (χ1n) is 4.69. The molecule has 0 radical (unpaired) electrons. The lowest BCUT2D eigenvalue weighted by atomic mass is 9.95. The highest BCUT2D eigenvalue weighted by Gasteiger charge is 2.33. The Kier molecular flexibility index (Phi) is 2.49. The molecule has 0 spiro atoms. The van der Waals surface area contributed by atoms with Crippen LogP contribution in [-0.2, 0) is 0 Å². The molecule has 2 nitrogen and oxygen atoms in total. The first-order chi connectivity index (χ1) is 6.29. The van der Waals surface area contributed by atoms with Gasteiger partial charge in [-0.25, -0.2) is 0 Å². The van der Waals surface area contributed by atoms with Crippen molar-refractivity contribution in [3.63, 3.8) is 0 Å². The third-order valence-electron chi connectivity index (χ3n) is 2.92. The van der Waals surface area contributed by atoms with Gasteiger partial charge in [-0.2, -0.15) is 0 Å². The average Bonchev–Trinajstić information content (AvgIpc) is 2.49. The van der Waals surface area contributed by atoms with Crippen LogP contribution in [-0.4, -0.2) is 15.3 Å². The van der Waals surface area contributed by atoms with E-state index < -0.39 is 0 Å². The van der Waals surface area contributed by atoms with E-state index in [9.17, 15) is 0 Å². The van der Waals surface area contributed by atoms with Gasteiger partial charge in [0.1, 0.15) is 0 Å². The zero-order valence-corrected chi connectivity index (χ0v) is 8.41. The van der Waals surface area contributed by atoms with Crippen molar-refractivity contribution in [1.29, 1.82) is 0 Å². The van der Waals surface area contributed by atoms with E-state index in [1.807, 2.05) is 6.20 Å². The maximum atomic E-state index is 6.16. The van der Waals surface area contributed by atoms with E-state index in [1.54, 1.807) is 12.4 Å². The Bertz CT molecular complexity index is 276. The van der Waals surface area contributed by atoms with Gasteiger partial charge < -0.3 is 0 Å². The first kappa shape index (κ1) is 8.95. The van der Waals surface area contributed by atoms with Gasteiger partial charge in [0.25, 0.3) is 0 Å².